The van der Waals surface area contributed by atoms with Crippen molar-refractivity contribution in [2.75, 3.05) is 0 Å². The van der Waals surface area contributed by atoms with Crippen LogP contribution in [0.5, 0.6) is 0 Å². The van der Waals surface area contributed by atoms with Gasteiger partial charge >= 0.3 is 0 Å². The Labute approximate surface area is 104 Å². The molecule has 18 heavy (non-hydrogen) atoms. The summed E-state index contributed by atoms with van der Waals surface area (Å²) in [6.07, 6.45) is 6.08. The Morgan fingerprint density at radius 3 is 2.94 bits per heavy atom. The van der Waals surface area contributed by atoms with Crippen molar-refractivity contribution in [3.63, 3.8) is 0 Å². The van der Waals surface area contributed by atoms with E-state index in [2.05, 4.69) is 10.1 Å². The minimum Gasteiger partial charge on any atom is -0.461 e. The molecule has 0 bridgehead atoms. The monoisotopic (exact) mass is 246 g/mol. The molecular formula is C13H14N2O3. The molecule has 5 nitrogen and oxygen atoms in total. The average molecular weight is 246 g/mol. The summed E-state index contributed by atoms with van der Waals surface area (Å²) in [6, 6.07) is 3.52. The standard InChI is InChI=1S/C13H14N2O3/c16-10(9-4-1-2-5-9)8-12-14-13(15-18-12)11-6-3-7-17-11/h3,6-7,9H,1-2,4-5,8H2. The Morgan fingerprint density at radius 2 is 2.22 bits per heavy atom. The van der Waals surface area contributed by atoms with Gasteiger partial charge in [-0.2, -0.15) is 4.98 Å². The highest BCUT2D eigenvalue weighted by Gasteiger charge is 2.24. The molecule has 2 aromatic heterocycles. The molecule has 3 rings (SSSR count). The van der Waals surface area contributed by atoms with Crippen LogP contribution in [0.25, 0.3) is 11.6 Å². The highest BCUT2D eigenvalue weighted by molar-refractivity contribution is 5.82. The van der Waals surface area contributed by atoms with Gasteiger partial charge in [-0.05, 0) is 25.0 Å². The molecule has 1 aliphatic rings. The van der Waals surface area contributed by atoms with Gasteiger partial charge in [0.15, 0.2) is 5.76 Å². The second kappa shape index (κ2) is 4.76. The van der Waals surface area contributed by atoms with Gasteiger partial charge in [0, 0.05) is 5.92 Å². The lowest BCUT2D eigenvalue weighted by Crippen LogP contribution is -2.13. The first kappa shape index (κ1) is 11.2. The zero-order valence-corrected chi connectivity index (χ0v) is 9.96. The minimum atomic E-state index is 0.184. The van der Waals surface area contributed by atoms with E-state index in [0.717, 1.165) is 25.7 Å². The molecule has 0 aliphatic heterocycles. The Balaban J connectivity index is 1.68. The summed E-state index contributed by atoms with van der Waals surface area (Å²) in [5.41, 5.74) is 0. The van der Waals surface area contributed by atoms with E-state index in [1.807, 2.05) is 0 Å². The van der Waals surface area contributed by atoms with Gasteiger partial charge in [0.25, 0.3) is 0 Å². The average Bonchev–Trinajstić information content (AvgIpc) is 3.12. The number of nitrogens with zero attached hydrogens (tertiary/aromatic N) is 2. The van der Waals surface area contributed by atoms with E-state index >= 15 is 0 Å². The Bertz CT molecular complexity index is 524. The number of hydrogen-bond donors (Lipinski definition) is 0. The summed E-state index contributed by atoms with van der Waals surface area (Å²) in [7, 11) is 0. The molecule has 1 fully saturated rings. The molecule has 5 heteroatoms. The van der Waals surface area contributed by atoms with Crippen molar-refractivity contribution in [2.45, 2.75) is 32.1 Å². The van der Waals surface area contributed by atoms with Crippen LogP contribution >= 0.6 is 0 Å². The molecule has 0 amide bonds. The topological polar surface area (TPSA) is 69.1 Å². The van der Waals surface area contributed by atoms with Crippen LogP contribution in [0.4, 0.5) is 0 Å². The van der Waals surface area contributed by atoms with Crippen molar-refractivity contribution in [1.82, 2.24) is 10.1 Å². The molecule has 0 N–H and O–H groups in total. The number of carbonyl (C=O) groups is 1. The fraction of sp³-hybridized carbons (Fsp3) is 0.462. The fourth-order valence-corrected chi connectivity index (χ4v) is 2.37. The van der Waals surface area contributed by atoms with Crippen LogP contribution in [0.15, 0.2) is 27.3 Å². The van der Waals surface area contributed by atoms with E-state index in [1.54, 1.807) is 18.4 Å². The number of Topliss-reactive ketones (excluding diaryl/α,β-unsaturated/α-hetero) is 1. The first-order chi connectivity index (χ1) is 8.83. The van der Waals surface area contributed by atoms with E-state index < -0.39 is 0 Å². The van der Waals surface area contributed by atoms with Crippen molar-refractivity contribution < 1.29 is 13.7 Å². The summed E-state index contributed by atoms with van der Waals surface area (Å²) in [5, 5.41) is 3.81. The molecule has 0 saturated heterocycles. The summed E-state index contributed by atoms with van der Waals surface area (Å²) in [4.78, 5) is 16.1. The maximum absolute atomic E-state index is 12.0. The Morgan fingerprint density at radius 1 is 1.39 bits per heavy atom. The smallest absolute Gasteiger partial charge is 0.238 e. The molecule has 0 radical (unpaired) electrons. The molecule has 2 heterocycles. The number of hydrogen-bond acceptors (Lipinski definition) is 5. The fourth-order valence-electron chi connectivity index (χ4n) is 2.37. The summed E-state index contributed by atoms with van der Waals surface area (Å²) >= 11 is 0. The first-order valence-electron chi connectivity index (χ1n) is 6.22. The van der Waals surface area contributed by atoms with Gasteiger partial charge in [0.1, 0.15) is 5.78 Å². The zero-order valence-electron chi connectivity index (χ0n) is 9.96. The van der Waals surface area contributed by atoms with Gasteiger partial charge < -0.3 is 8.94 Å². The summed E-state index contributed by atoms with van der Waals surface area (Å²) in [6.45, 7) is 0. The normalized spacial score (nSPS) is 16.2. The molecule has 0 aromatic carbocycles. The molecule has 0 atom stereocenters. The largest absolute Gasteiger partial charge is 0.461 e. The predicted molar refractivity (Wildman–Crippen MR) is 62.7 cm³/mol. The van der Waals surface area contributed by atoms with Crippen LogP contribution in [0.1, 0.15) is 31.6 Å². The molecule has 0 spiro atoms. The van der Waals surface area contributed by atoms with E-state index in [1.165, 1.54) is 0 Å². The number of aromatic nitrogens is 2. The summed E-state index contributed by atoms with van der Waals surface area (Å²) < 4.78 is 10.2. The van der Waals surface area contributed by atoms with Crippen molar-refractivity contribution in [1.29, 1.82) is 0 Å². The third kappa shape index (κ3) is 2.20. The quantitative estimate of drug-likeness (QED) is 0.829. The molecular weight excluding hydrogens is 232 g/mol. The van der Waals surface area contributed by atoms with Gasteiger partial charge in [-0.3, -0.25) is 4.79 Å². The van der Waals surface area contributed by atoms with Crippen LogP contribution < -0.4 is 0 Å². The van der Waals surface area contributed by atoms with Gasteiger partial charge in [-0.15, -0.1) is 0 Å². The number of carbonyl (C=O) groups excluding carboxylic acids is 1. The zero-order chi connectivity index (χ0) is 12.4. The lowest BCUT2D eigenvalue weighted by Gasteiger charge is -2.04. The highest BCUT2D eigenvalue weighted by Crippen LogP contribution is 2.26. The number of ketones is 1. The van der Waals surface area contributed by atoms with Crippen molar-refractivity contribution >= 4 is 5.78 Å². The number of furan rings is 1. The van der Waals surface area contributed by atoms with Crippen LogP contribution in [-0.4, -0.2) is 15.9 Å². The molecule has 0 unspecified atom stereocenters. The maximum Gasteiger partial charge on any atom is 0.238 e. The molecule has 2 aromatic rings. The Hall–Kier alpha value is -1.91. The molecule has 94 valence electrons. The minimum absolute atomic E-state index is 0.184. The van der Waals surface area contributed by atoms with Crippen LogP contribution in [0.2, 0.25) is 0 Å². The predicted octanol–water partition coefficient (Wildman–Crippen LogP) is 2.63. The van der Waals surface area contributed by atoms with Crippen LogP contribution in [-0.2, 0) is 11.2 Å². The van der Waals surface area contributed by atoms with Gasteiger partial charge in [0.2, 0.25) is 11.7 Å². The Kier molecular flexibility index (Phi) is 2.96. The van der Waals surface area contributed by atoms with Crippen LogP contribution in [0, 0.1) is 5.92 Å². The lowest BCUT2D eigenvalue weighted by molar-refractivity contribution is -0.122. The molecule has 1 aliphatic carbocycles. The van der Waals surface area contributed by atoms with E-state index in [0.29, 0.717) is 17.5 Å². The van der Waals surface area contributed by atoms with Gasteiger partial charge in [0.05, 0.1) is 12.7 Å². The SMILES string of the molecule is O=C(Cc1nc(-c2ccco2)no1)C1CCCC1. The third-order valence-corrected chi connectivity index (χ3v) is 3.35. The van der Waals surface area contributed by atoms with Gasteiger partial charge in [-0.1, -0.05) is 18.0 Å². The van der Waals surface area contributed by atoms with E-state index in [9.17, 15) is 4.79 Å². The third-order valence-electron chi connectivity index (χ3n) is 3.35. The highest BCUT2D eigenvalue weighted by atomic mass is 16.5. The molecule has 1 saturated carbocycles. The van der Waals surface area contributed by atoms with Crippen molar-refractivity contribution in [3.8, 4) is 11.6 Å². The second-order valence-corrected chi connectivity index (χ2v) is 4.61. The van der Waals surface area contributed by atoms with E-state index in [-0.39, 0.29) is 18.1 Å². The van der Waals surface area contributed by atoms with Crippen molar-refractivity contribution in [3.05, 3.63) is 24.3 Å². The first-order valence-corrected chi connectivity index (χ1v) is 6.22. The number of rotatable bonds is 4. The summed E-state index contributed by atoms with van der Waals surface area (Å²) in [5.74, 6) is 1.72. The van der Waals surface area contributed by atoms with Crippen LogP contribution in [0.3, 0.4) is 0 Å². The van der Waals surface area contributed by atoms with Crippen molar-refractivity contribution in [2.24, 2.45) is 5.92 Å². The van der Waals surface area contributed by atoms with E-state index in [4.69, 9.17) is 8.94 Å². The second-order valence-electron chi connectivity index (χ2n) is 4.61. The maximum atomic E-state index is 12.0. The van der Waals surface area contributed by atoms with Gasteiger partial charge in [-0.25, -0.2) is 0 Å². The lowest BCUT2D eigenvalue weighted by atomic mass is 10.0.